The van der Waals surface area contributed by atoms with Crippen LogP contribution in [0, 0.1) is 12.3 Å². The maximum Gasteiger partial charge on any atom is 0.179 e. The molecule has 0 atom stereocenters. The van der Waals surface area contributed by atoms with Crippen LogP contribution in [0.3, 0.4) is 0 Å². The molecule has 27 heavy (non-hydrogen) atoms. The molecule has 0 saturated carbocycles. The molecule has 0 aromatic heterocycles. The van der Waals surface area contributed by atoms with Gasteiger partial charge in [0.05, 0.1) is 0 Å². The highest BCUT2D eigenvalue weighted by Gasteiger charge is 2.40. The molecule has 0 bridgehead atoms. The number of benzene rings is 4. The van der Waals surface area contributed by atoms with E-state index in [0.717, 1.165) is 5.56 Å². The molecular formula is C26H20Si. The fourth-order valence-electron chi connectivity index (χ4n) is 3.88. The van der Waals surface area contributed by atoms with Gasteiger partial charge in [0.1, 0.15) is 0 Å². The summed E-state index contributed by atoms with van der Waals surface area (Å²) in [6.45, 7) is 0. The zero-order valence-electron chi connectivity index (χ0n) is 15.0. The molecule has 1 heteroatoms. The standard InChI is InChI=1S/C26H20Si/c1-2-22-18-20-26(21-19-22)27(23-12-6-3-7-13-23,24-14-8-4-9-15-24)25-16-10-5-11-17-25/h1,3-21H. The SMILES string of the molecule is C#Cc1ccc([Si](c2ccccc2)(c2ccccc2)c2ccccc2)cc1. The van der Waals surface area contributed by atoms with E-state index in [0.29, 0.717) is 0 Å². The van der Waals surface area contributed by atoms with Gasteiger partial charge in [-0.05, 0) is 32.9 Å². The summed E-state index contributed by atoms with van der Waals surface area (Å²) in [5, 5.41) is 5.45. The fourth-order valence-corrected chi connectivity index (χ4v) is 8.62. The molecule has 0 amide bonds. The molecule has 0 aliphatic carbocycles. The van der Waals surface area contributed by atoms with E-state index in [1.165, 1.54) is 20.7 Å². The summed E-state index contributed by atoms with van der Waals surface area (Å²) in [6, 6.07) is 41.2. The lowest BCUT2D eigenvalue weighted by Crippen LogP contribution is -2.74. The molecule has 0 saturated heterocycles. The molecule has 0 spiro atoms. The van der Waals surface area contributed by atoms with Crippen LogP contribution in [-0.2, 0) is 0 Å². The molecule has 0 unspecified atom stereocenters. The molecule has 0 heterocycles. The van der Waals surface area contributed by atoms with Gasteiger partial charge < -0.3 is 0 Å². The second-order valence-corrected chi connectivity index (χ2v) is 10.4. The van der Waals surface area contributed by atoms with Crippen LogP contribution in [0.15, 0.2) is 115 Å². The van der Waals surface area contributed by atoms with Gasteiger partial charge in [0.25, 0.3) is 0 Å². The molecule has 4 rings (SSSR count). The second kappa shape index (κ2) is 7.49. The van der Waals surface area contributed by atoms with Crippen LogP contribution >= 0.6 is 0 Å². The number of hydrogen-bond donors (Lipinski definition) is 0. The predicted octanol–water partition coefficient (Wildman–Crippen LogP) is 3.05. The van der Waals surface area contributed by atoms with E-state index >= 15 is 0 Å². The Balaban J connectivity index is 2.11. The van der Waals surface area contributed by atoms with Gasteiger partial charge in [-0.2, -0.15) is 0 Å². The Bertz CT molecular complexity index is 947. The van der Waals surface area contributed by atoms with Crippen molar-refractivity contribution in [2.75, 3.05) is 0 Å². The Hall–Kier alpha value is -3.34. The number of terminal acetylenes is 1. The van der Waals surface area contributed by atoms with E-state index in [-0.39, 0.29) is 0 Å². The molecule has 4 aromatic rings. The average molecular weight is 361 g/mol. The smallest absolute Gasteiger partial charge is 0.115 e. The van der Waals surface area contributed by atoms with E-state index < -0.39 is 8.07 Å². The van der Waals surface area contributed by atoms with Crippen molar-refractivity contribution in [3.63, 3.8) is 0 Å². The van der Waals surface area contributed by atoms with Crippen molar-refractivity contribution in [1.29, 1.82) is 0 Å². The van der Waals surface area contributed by atoms with Gasteiger partial charge in [0, 0.05) is 5.56 Å². The van der Waals surface area contributed by atoms with Crippen molar-refractivity contribution < 1.29 is 0 Å². The topological polar surface area (TPSA) is 0 Å². The maximum atomic E-state index is 5.60. The van der Waals surface area contributed by atoms with Crippen LogP contribution in [0.5, 0.6) is 0 Å². The van der Waals surface area contributed by atoms with Crippen molar-refractivity contribution in [3.05, 3.63) is 121 Å². The lowest BCUT2D eigenvalue weighted by atomic mass is 10.2. The summed E-state index contributed by atoms with van der Waals surface area (Å²) in [4.78, 5) is 0. The molecule has 0 N–H and O–H groups in total. The monoisotopic (exact) mass is 360 g/mol. The first-order valence-electron chi connectivity index (χ1n) is 9.09. The van der Waals surface area contributed by atoms with Gasteiger partial charge >= 0.3 is 0 Å². The van der Waals surface area contributed by atoms with Gasteiger partial charge in [0.2, 0.25) is 0 Å². The average Bonchev–Trinajstić information content (AvgIpc) is 2.77. The molecule has 0 aliphatic heterocycles. The third kappa shape index (κ3) is 3.01. The highest BCUT2D eigenvalue weighted by molar-refractivity contribution is 7.19. The highest BCUT2D eigenvalue weighted by Crippen LogP contribution is 2.10. The van der Waals surface area contributed by atoms with Crippen molar-refractivity contribution >= 4 is 28.8 Å². The molecule has 0 nitrogen and oxygen atoms in total. The minimum Gasteiger partial charge on any atom is -0.115 e. The lowest BCUT2D eigenvalue weighted by molar-refractivity contribution is 1.64. The second-order valence-electron chi connectivity index (χ2n) is 6.57. The summed E-state index contributed by atoms with van der Waals surface area (Å²) in [5.74, 6) is 2.74. The minimum atomic E-state index is -2.40. The van der Waals surface area contributed by atoms with E-state index in [1.54, 1.807) is 0 Å². The van der Waals surface area contributed by atoms with E-state index in [1.807, 2.05) is 0 Å². The number of hydrogen-bond acceptors (Lipinski definition) is 0. The van der Waals surface area contributed by atoms with Crippen LogP contribution in [0.2, 0.25) is 0 Å². The number of rotatable bonds is 4. The van der Waals surface area contributed by atoms with Gasteiger partial charge in [-0.3, -0.25) is 0 Å². The Labute approximate surface area is 162 Å². The Kier molecular flexibility index (Phi) is 4.74. The first kappa shape index (κ1) is 17.1. The molecule has 0 radical (unpaired) electrons. The Morgan fingerprint density at radius 3 is 1.11 bits per heavy atom. The molecule has 0 aliphatic rings. The molecule has 128 valence electrons. The van der Waals surface area contributed by atoms with Gasteiger partial charge in [-0.1, -0.05) is 109 Å². The van der Waals surface area contributed by atoms with Gasteiger partial charge in [-0.25, -0.2) is 0 Å². The van der Waals surface area contributed by atoms with Crippen LogP contribution < -0.4 is 20.7 Å². The summed E-state index contributed by atoms with van der Waals surface area (Å²) in [7, 11) is -2.40. The third-order valence-corrected chi connectivity index (χ3v) is 9.90. The molecule has 4 aromatic carbocycles. The van der Waals surface area contributed by atoms with Crippen LogP contribution in [0.4, 0.5) is 0 Å². The fraction of sp³-hybridized carbons (Fsp3) is 0. The quantitative estimate of drug-likeness (QED) is 0.298. The predicted molar refractivity (Wildman–Crippen MR) is 118 cm³/mol. The normalized spacial score (nSPS) is 10.9. The minimum absolute atomic E-state index is 0.913. The van der Waals surface area contributed by atoms with Crippen LogP contribution in [0.1, 0.15) is 5.56 Å². The third-order valence-electron chi connectivity index (χ3n) is 5.10. The first-order valence-corrected chi connectivity index (χ1v) is 11.1. The van der Waals surface area contributed by atoms with Crippen LogP contribution in [0.25, 0.3) is 0 Å². The zero-order chi connectivity index (χ0) is 18.5. The molecule has 0 fully saturated rings. The van der Waals surface area contributed by atoms with Gasteiger partial charge in [-0.15, -0.1) is 6.42 Å². The largest absolute Gasteiger partial charge is 0.179 e. The summed E-state index contributed by atoms with van der Waals surface area (Å²) in [6.07, 6.45) is 5.60. The van der Waals surface area contributed by atoms with E-state index in [9.17, 15) is 0 Å². The Morgan fingerprint density at radius 1 is 0.444 bits per heavy atom. The summed E-state index contributed by atoms with van der Waals surface area (Å²) in [5.41, 5.74) is 0.913. The van der Waals surface area contributed by atoms with Crippen molar-refractivity contribution in [2.45, 2.75) is 0 Å². The summed E-state index contributed by atoms with van der Waals surface area (Å²) < 4.78 is 0. The zero-order valence-corrected chi connectivity index (χ0v) is 16.0. The van der Waals surface area contributed by atoms with E-state index in [4.69, 9.17) is 6.42 Å². The first-order chi connectivity index (χ1) is 13.4. The molecular weight excluding hydrogens is 340 g/mol. The van der Waals surface area contributed by atoms with Crippen molar-refractivity contribution in [2.24, 2.45) is 0 Å². The maximum absolute atomic E-state index is 5.60. The summed E-state index contributed by atoms with van der Waals surface area (Å²) >= 11 is 0. The van der Waals surface area contributed by atoms with Crippen molar-refractivity contribution in [3.8, 4) is 12.3 Å². The Morgan fingerprint density at radius 2 is 0.778 bits per heavy atom. The van der Waals surface area contributed by atoms with E-state index in [2.05, 4.69) is 121 Å². The van der Waals surface area contributed by atoms with Gasteiger partial charge in [0.15, 0.2) is 8.07 Å². The highest BCUT2D eigenvalue weighted by atomic mass is 28.3. The van der Waals surface area contributed by atoms with Crippen molar-refractivity contribution in [1.82, 2.24) is 0 Å². The lowest BCUT2D eigenvalue weighted by Gasteiger charge is -2.34. The van der Waals surface area contributed by atoms with Crippen LogP contribution in [-0.4, -0.2) is 8.07 Å².